The third-order valence-corrected chi connectivity index (χ3v) is 5.55. The first-order chi connectivity index (χ1) is 8.41. The number of rotatable bonds is 7. The van der Waals surface area contributed by atoms with Crippen LogP contribution in [0.2, 0.25) is 0 Å². The van der Waals surface area contributed by atoms with Crippen molar-refractivity contribution in [2.24, 2.45) is 17.1 Å². The van der Waals surface area contributed by atoms with Crippen molar-refractivity contribution >= 4 is 9.84 Å². The van der Waals surface area contributed by atoms with Crippen molar-refractivity contribution in [3.63, 3.8) is 0 Å². The van der Waals surface area contributed by atoms with Crippen LogP contribution >= 0.6 is 0 Å². The molecule has 2 N–H and O–H groups in total. The summed E-state index contributed by atoms with van der Waals surface area (Å²) in [5.41, 5.74) is 6.19. The van der Waals surface area contributed by atoms with Gasteiger partial charge in [0.2, 0.25) is 0 Å². The highest BCUT2D eigenvalue weighted by Gasteiger charge is 2.33. The molecule has 0 aromatic rings. The van der Waals surface area contributed by atoms with E-state index >= 15 is 0 Å². The van der Waals surface area contributed by atoms with Gasteiger partial charge in [-0.3, -0.25) is 0 Å². The van der Waals surface area contributed by atoms with Gasteiger partial charge in [0.1, 0.15) is 9.84 Å². The van der Waals surface area contributed by atoms with Crippen molar-refractivity contribution in [2.45, 2.75) is 58.3 Å². The summed E-state index contributed by atoms with van der Waals surface area (Å²) in [6, 6.07) is 0. The summed E-state index contributed by atoms with van der Waals surface area (Å²) < 4.78 is 22.3. The quantitative estimate of drug-likeness (QED) is 0.777. The minimum atomic E-state index is -2.82. The molecular formula is C14H29NO2S. The fourth-order valence-corrected chi connectivity index (χ4v) is 3.92. The lowest BCUT2D eigenvalue weighted by atomic mass is 9.67. The molecule has 0 bridgehead atoms. The maximum Gasteiger partial charge on any atom is 0.147 e. The smallest absolute Gasteiger partial charge is 0.147 e. The van der Waals surface area contributed by atoms with Crippen molar-refractivity contribution in [3.05, 3.63) is 0 Å². The molecule has 0 amide bonds. The third kappa shape index (κ3) is 5.27. The molecule has 18 heavy (non-hydrogen) atoms. The molecule has 1 saturated carbocycles. The first-order valence-electron chi connectivity index (χ1n) is 7.28. The Morgan fingerprint density at radius 2 is 1.89 bits per heavy atom. The average Bonchev–Trinajstić information content (AvgIpc) is 2.30. The van der Waals surface area contributed by atoms with E-state index in [4.69, 9.17) is 5.73 Å². The van der Waals surface area contributed by atoms with E-state index in [1.807, 2.05) is 0 Å². The van der Waals surface area contributed by atoms with Crippen LogP contribution in [-0.4, -0.2) is 27.0 Å². The first kappa shape index (κ1) is 16.0. The van der Waals surface area contributed by atoms with Gasteiger partial charge in [-0.2, -0.15) is 0 Å². The lowest BCUT2D eigenvalue weighted by Crippen LogP contribution is -2.35. The molecule has 0 aromatic carbocycles. The van der Waals surface area contributed by atoms with E-state index in [1.54, 1.807) is 0 Å². The molecule has 1 aliphatic carbocycles. The van der Waals surface area contributed by atoms with Crippen molar-refractivity contribution in [1.29, 1.82) is 0 Å². The molecule has 1 aliphatic rings. The minimum Gasteiger partial charge on any atom is -0.330 e. The summed E-state index contributed by atoms with van der Waals surface area (Å²) in [6.45, 7) is 2.96. The Morgan fingerprint density at radius 3 is 2.33 bits per heavy atom. The average molecular weight is 275 g/mol. The zero-order valence-corrected chi connectivity index (χ0v) is 12.8. The highest BCUT2D eigenvalue weighted by atomic mass is 32.2. The van der Waals surface area contributed by atoms with Crippen LogP contribution in [0.3, 0.4) is 0 Å². The first-order valence-corrected chi connectivity index (χ1v) is 9.35. The van der Waals surface area contributed by atoms with Crippen LogP contribution in [0.5, 0.6) is 0 Å². The SMILES string of the molecule is CCCC1CCC(CN)(CCCS(C)(=O)=O)CC1. The molecule has 0 unspecified atom stereocenters. The topological polar surface area (TPSA) is 60.2 Å². The summed E-state index contributed by atoms with van der Waals surface area (Å²) >= 11 is 0. The van der Waals surface area contributed by atoms with Crippen LogP contribution in [0.25, 0.3) is 0 Å². The number of nitrogens with two attached hydrogens (primary N) is 1. The van der Waals surface area contributed by atoms with Gasteiger partial charge in [-0.25, -0.2) is 8.42 Å². The Balaban J connectivity index is 2.41. The van der Waals surface area contributed by atoms with Gasteiger partial charge in [-0.1, -0.05) is 19.8 Å². The van der Waals surface area contributed by atoms with Gasteiger partial charge in [0.15, 0.2) is 0 Å². The monoisotopic (exact) mass is 275 g/mol. The van der Waals surface area contributed by atoms with Gasteiger partial charge in [0.25, 0.3) is 0 Å². The predicted octanol–water partition coefficient (Wildman–Crippen LogP) is 2.75. The van der Waals surface area contributed by atoms with Gasteiger partial charge in [-0.15, -0.1) is 0 Å². The lowest BCUT2D eigenvalue weighted by molar-refractivity contribution is 0.139. The van der Waals surface area contributed by atoms with Gasteiger partial charge in [0.05, 0.1) is 0 Å². The van der Waals surface area contributed by atoms with E-state index in [-0.39, 0.29) is 5.41 Å². The van der Waals surface area contributed by atoms with E-state index in [0.29, 0.717) is 5.75 Å². The van der Waals surface area contributed by atoms with Crippen molar-refractivity contribution in [1.82, 2.24) is 0 Å². The molecule has 3 nitrogen and oxygen atoms in total. The Hall–Kier alpha value is -0.0900. The van der Waals surface area contributed by atoms with Crippen LogP contribution in [0.1, 0.15) is 58.3 Å². The Labute approximate surface area is 112 Å². The molecule has 0 aliphatic heterocycles. The second kappa shape index (κ2) is 6.90. The number of hydrogen-bond acceptors (Lipinski definition) is 3. The van der Waals surface area contributed by atoms with Crippen LogP contribution < -0.4 is 5.73 Å². The molecule has 108 valence electrons. The number of sulfone groups is 1. The zero-order chi connectivity index (χ0) is 13.6. The molecule has 0 atom stereocenters. The summed E-state index contributed by atoms with van der Waals surface area (Å²) in [7, 11) is -2.82. The van der Waals surface area contributed by atoms with Crippen LogP contribution in [-0.2, 0) is 9.84 Å². The largest absolute Gasteiger partial charge is 0.330 e. The molecule has 0 aromatic heterocycles. The van der Waals surface area contributed by atoms with Gasteiger partial charge in [-0.05, 0) is 56.4 Å². The second-order valence-corrected chi connectivity index (χ2v) is 8.43. The normalized spacial score (nSPS) is 29.4. The molecular weight excluding hydrogens is 246 g/mol. The Morgan fingerprint density at radius 1 is 1.28 bits per heavy atom. The third-order valence-electron chi connectivity index (χ3n) is 4.52. The highest BCUT2D eigenvalue weighted by Crippen LogP contribution is 2.42. The lowest BCUT2D eigenvalue weighted by Gasteiger charge is -2.39. The van der Waals surface area contributed by atoms with Crippen molar-refractivity contribution < 1.29 is 8.42 Å². The number of hydrogen-bond donors (Lipinski definition) is 1. The standard InChI is InChI=1S/C14H29NO2S/c1-3-5-13-6-9-14(12-15,10-7-13)8-4-11-18(2,16)17/h13H,3-12,15H2,1-2H3. The fourth-order valence-electron chi connectivity index (χ4n) is 3.25. The van der Waals surface area contributed by atoms with E-state index in [2.05, 4.69) is 6.92 Å². The van der Waals surface area contributed by atoms with E-state index < -0.39 is 9.84 Å². The van der Waals surface area contributed by atoms with Crippen LogP contribution in [0.4, 0.5) is 0 Å². The molecule has 0 spiro atoms. The van der Waals surface area contributed by atoms with Crippen LogP contribution in [0, 0.1) is 11.3 Å². The molecule has 1 rings (SSSR count). The van der Waals surface area contributed by atoms with Crippen molar-refractivity contribution in [3.8, 4) is 0 Å². The van der Waals surface area contributed by atoms with Gasteiger partial charge < -0.3 is 5.73 Å². The van der Waals surface area contributed by atoms with Crippen LogP contribution in [0.15, 0.2) is 0 Å². The summed E-state index contributed by atoms with van der Waals surface area (Å²) in [5, 5.41) is 0. The Bertz CT molecular complexity index is 330. The molecule has 0 heterocycles. The van der Waals surface area contributed by atoms with Gasteiger partial charge in [0, 0.05) is 12.0 Å². The van der Waals surface area contributed by atoms with Crippen molar-refractivity contribution in [2.75, 3.05) is 18.6 Å². The fraction of sp³-hybridized carbons (Fsp3) is 1.00. The minimum absolute atomic E-state index is 0.231. The second-order valence-electron chi connectivity index (χ2n) is 6.17. The van der Waals surface area contributed by atoms with E-state index in [0.717, 1.165) is 25.3 Å². The Kier molecular flexibility index (Phi) is 6.12. The highest BCUT2D eigenvalue weighted by molar-refractivity contribution is 7.90. The summed E-state index contributed by atoms with van der Waals surface area (Å²) in [4.78, 5) is 0. The van der Waals surface area contributed by atoms with Gasteiger partial charge >= 0.3 is 0 Å². The van der Waals surface area contributed by atoms with E-state index in [1.165, 1.54) is 44.8 Å². The van der Waals surface area contributed by atoms with E-state index in [9.17, 15) is 8.42 Å². The maximum absolute atomic E-state index is 11.2. The zero-order valence-electron chi connectivity index (χ0n) is 12.0. The molecule has 1 fully saturated rings. The molecule has 4 heteroatoms. The molecule has 0 radical (unpaired) electrons. The maximum atomic E-state index is 11.2. The predicted molar refractivity (Wildman–Crippen MR) is 77.3 cm³/mol. The summed E-state index contributed by atoms with van der Waals surface area (Å²) in [6.07, 6.45) is 10.6. The molecule has 0 saturated heterocycles. The summed E-state index contributed by atoms with van der Waals surface area (Å²) in [5.74, 6) is 1.19.